The van der Waals surface area contributed by atoms with Gasteiger partial charge in [0.1, 0.15) is 4.83 Å². The van der Waals surface area contributed by atoms with Gasteiger partial charge in [0.15, 0.2) is 5.82 Å². The summed E-state index contributed by atoms with van der Waals surface area (Å²) in [5.41, 5.74) is 1.16. The molecule has 0 fully saturated rings. The molecule has 22 heavy (non-hydrogen) atoms. The summed E-state index contributed by atoms with van der Waals surface area (Å²) in [4.78, 5) is 19.4. The van der Waals surface area contributed by atoms with Crippen LogP contribution < -0.4 is 11.4 Å². The van der Waals surface area contributed by atoms with E-state index >= 15 is 0 Å². The van der Waals surface area contributed by atoms with Gasteiger partial charge in [0.2, 0.25) is 4.77 Å². The van der Waals surface area contributed by atoms with Crippen LogP contribution in [-0.4, -0.2) is 24.4 Å². The number of nitrogens with zero attached hydrogens (tertiary/aromatic N) is 4. The van der Waals surface area contributed by atoms with Crippen LogP contribution in [-0.2, 0) is 19.4 Å². The number of aryl methyl sites for hydroxylation is 2. The second kappa shape index (κ2) is 5.03. The number of nitrogen functional groups attached to an aromatic ring is 1. The number of nitrogens with two attached hydrogens (primary N) is 1. The Morgan fingerprint density at radius 3 is 3.00 bits per heavy atom. The average Bonchev–Trinajstić information content (AvgIpc) is 3.05. The van der Waals surface area contributed by atoms with Crippen LogP contribution in [0.25, 0.3) is 10.2 Å². The van der Waals surface area contributed by atoms with Crippen molar-refractivity contribution in [3.63, 3.8) is 0 Å². The Kier molecular flexibility index (Phi) is 3.12. The molecule has 0 saturated carbocycles. The number of aromatic amines is 1. The summed E-state index contributed by atoms with van der Waals surface area (Å²) in [6.45, 7) is 0.246. The number of thiophene rings is 1. The van der Waals surface area contributed by atoms with Gasteiger partial charge in [-0.25, -0.2) is 9.66 Å². The maximum Gasteiger partial charge on any atom is 0.262 e. The van der Waals surface area contributed by atoms with E-state index in [9.17, 15) is 4.79 Å². The van der Waals surface area contributed by atoms with Gasteiger partial charge >= 0.3 is 0 Å². The molecule has 0 saturated heterocycles. The van der Waals surface area contributed by atoms with Gasteiger partial charge in [-0.15, -0.1) is 11.3 Å². The Morgan fingerprint density at radius 2 is 2.23 bits per heavy atom. The number of aromatic nitrogens is 5. The summed E-state index contributed by atoms with van der Waals surface area (Å²) in [5.74, 6) is 6.29. The number of H-pyrrole nitrogens is 1. The maximum atomic E-state index is 12.8. The summed E-state index contributed by atoms with van der Waals surface area (Å²) in [6, 6.07) is 0. The van der Waals surface area contributed by atoms with E-state index in [0.717, 1.165) is 29.5 Å². The van der Waals surface area contributed by atoms with E-state index in [4.69, 9.17) is 18.1 Å². The van der Waals surface area contributed by atoms with Gasteiger partial charge in [0, 0.05) is 4.88 Å². The topological polar surface area (TPSA) is 94.5 Å². The zero-order valence-corrected chi connectivity index (χ0v) is 13.3. The molecule has 3 heterocycles. The summed E-state index contributed by atoms with van der Waals surface area (Å²) in [7, 11) is 0. The first-order chi connectivity index (χ1) is 10.6. The third kappa shape index (κ3) is 2.00. The van der Waals surface area contributed by atoms with Gasteiger partial charge in [-0.3, -0.25) is 14.5 Å². The first kappa shape index (κ1) is 13.6. The van der Waals surface area contributed by atoms with E-state index in [1.165, 1.54) is 26.1 Å². The molecule has 0 aliphatic heterocycles. The Morgan fingerprint density at radius 1 is 1.41 bits per heavy atom. The Labute approximate surface area is 134 Å². The molecular formula is C13H14N6OS2. The molecule has 7 nitrogen and oxygen atoms in total. The molecule has 0 spiro atoms. The molecule has 114 valence electrons. The number of fused-ring (bicyclic) bond motifs is 3. The summed E-state index contributed by atoms with van der Waals surface area (Å²) in [5, 5.41) is 7.42. The summed E-state index contributed by atoms with van der Waals surface area (Å²) >= 11 is 6.63. The fourth-order valence-corrected chi connectivity index (χ4v) is 4.27. The molecule has 0 bridgehead atoms. The molecule has 0 amide bonds. The van der Waals surface area contributed by atoms with Crippen molar-refractivity contribution in [3.05, 3.63) is 37.7 Å². The van der Waals surface area contributed by atoms with Gasteiger partial charge in [0.05, 0.1) is 18.3 Å². The smallest absolute Gasteiger partial charge is 0.262 e. The van der Waals surface area contributed by atoms with Crippen molar-refractivity contribution in [3.8, 4) is 0 Å². The van der Waals surface area contributed by atoms with Crippen LogP contribution in [0, 0.1) is 4.77 Å². The fraction of sp³-hybridized carbons (Fsp3) is 0.385. The lowest BCUT2D eigenvalue weighted by atomic mass is 9.97. The third-order valence-corrected chi connectivity index (χ3v) is 5.52. The summed E-state index contributed by atoms with van der Waals surface area (Å²) < 4.78 is 3.14. The number of nitrogens with one attached hydrogen (secondary N) is 1. The van der Waals surface area contributed by atoms with E-state index in [2.05, 4.69) is 15.2 Å². The molecule has 3 aromatic heterocycles. The van der Waals surface area contributed by atoms with Crippen molar-refractivity contribution in [2.24, 2.45) is 0 Å². The van der Waals surface area contributed by atoms with Gasteiger partial charge in [0.25, 0.3) is 5.56 Å². The van der Waals surface area contributed by atoms with E-state index < -0.39 is 0 Å². The van der Waals surface area contributed by atoms with Gasteiger partial charge in [-0.1, -0.05) is 0 Å². The number of hydrogen-bond acceptors (Lipinski definition) is 6. The van der Waals surface area contributed by atoms with Crippen molar-refractivity contribution in [1.82, 2.24) is 24.4 Å². The van der Waals surface area contributed by atoms with Crippen LogP contribution in [0.15, 0.2) is 11.1 Å². The largest absolute Gasteiger partial charge is 0.335 e. The molecule has 0 atom stereocenters. The van der Waals surface area contributed by atoms with Gasteiger partial charge < -0.3 is 5.84 Å². The highest BCUT2D eigenvalue weighted by Gasteiger charge is 2.20. The van der Waals surface area contributed by atoms with Crippen LogP contribution in [0.2, 0.25) is 0 Å². The van der Waals surface area contributed by atoms with Gasteiger partial charge in [-0.2, -0.15) is 5.10 Å². The Hall–Kier alpha value is -2.00. The molecule has 1 aliphatic carbocycles. The normalized spacial score (nSPS) is 14.4. The van der Waals surface area contributed by atoms with Crippen molar-refractivity contribution in [1.29, 1.82) is 0 Å². The number of rotatable bonds is 2. The standard InChI is InChI=1S/C13H14N6OS2/c14-19-9(16-17-13(19)21)5-18-6-15-11-10(12(18)20)7-3-1-2-4-8(7)22-11/h6H,1-5,14H2,(H,17,21). The zero-order valence-electron chi connectivity index (χ0n) is 11.7. The maximum absolute atomic E-state index is 12.8. The minimum absolute atomic E-state index is 0.0293. The monoisotopic (exact) mass is 334 g/mol. The predicted octanol–water partition coefficient (Wildman–Crippen LogP) is 1.35. The molecule has 3 N–H and O–H groups in total. The lowest BCUT2D eigenvalue weighted by Gasteiger charge is -2.10. The second-order valence-electron chi connectivity index (χ2n) is 5.38. The molecule has 3 aromatic rings. The predicted molar refractivity (Wildman–Crippen MR) is 87.2 cm³/mol. The average molecular weight is 334 g/mol. The van der Waals surface area contributed by atoms with Gasteiger partial charge in [-0.05, 0) is 43.5 Å². The third-order valence-electron chi connectivity index (χ3n) is 4.03. The molecule has 0 aromatic carbocycles. The van der Waals surface area contributed by atoms with E-state index in [1.54, 1.807) is 17.7 Å². The SMILES string of the molecule is Nn1c(Cn2cnc3sc4c(c3c2=O)CCCC4)n[nH]c1=S. The Bertz CT molecular complexity index is 979. The molecule has 0 unspecified atom stereocenters. The van der Waals surface area contributed by atoms with Crippen molar-refractivity contribution in [2.45, 2.75) is 32.2 Å². The Balaban J connectivity index is 1.85. The quantitative estimate of drug-likeness (QED) is 0.545. The highest BCUT2D eigenvalue weighted by Crippen LogP contribution is 2.33. The highest BCUT2D eigenvalue weighted by atomic mass is 32.1. The van der Waals surface area contributed by atoms with Crippen LogP contribution in [0.5, 0.6) is 0 Å². The van der Waals surface area contributed by atoms with Crippen LogP contribution >= 0.6 is 23.6 Å². The van der Waals surface area contributed by atoms with Crippen LogP contribution in [0.1, 0.15) is 29.1 Å². The second-order valence-corrected chi connectivity index (χ2v) is 6.85. The minimum atomic E-state index is -0.0293. The molecule has 1 aliphatic rings. The zero-order chi connectivity index (χ0) is 15.3. The van der Waals surface area contributed by atoms with Crippen molar-refractivity contribution in [2.75, 3.05) is 5.84 Å². The van der Waals surface area contributed by atoms with E-state index in [-0.39, 0.29) is 12.1 Å². The van der Waals surface area contributed by atoms with Crippen molar-refractivity contribution < 1.29 is 0 Å². The highest BCUT2D eigenvalue weighted by molar-refractivity contribution is 7.71. The van der Waals surface area contributed by atoms with Crippen LogP contribution in [0.3, 0.4) is 0 Å². The lowest BCUT2D eigenvalue weighted by Crippen LogP contribution is -2.24. The minimum Gasteiger partial charge on any atom is -0.335 e. The molecule has 0 radical (unpaired) electrons. The van der Waals surface area contributed by atoms with E-state index in [1.807, 2.05) is 0 Å². The number of hydrogen-bond donors (Lipinski definition) is 2. The lowest BCUT2D eigenvalue weighted by molar-refractivity contribution is 0.678. The first-order valence-corrected chi connectivity index (χ1v) is 8.28. The fourth-order valence-electron chi connectivity index (χ4n) is 2.89. The molecule has 9 heteroatoms. The van der Waals surface area contributed by atoms with Crippen LogP contribution in [0.4, 0.5) is 0 Å². The molecular weight excluding hydrogens is 320 g/mol. The molecule has 4 rings (SSSR count). The van der Waals surface area contributed by atoms with Crippen molar-refractivity contribution >= 4 is 33.8 Å². The van der Waals surface area contributed by atoms with E-state index in [0.29, 0.717) is 10.6 Å². The summed E-state index contributed by atoms with van der Waals surface area (Å²) in [6.07, 6.45) is 5.90. The first-order valence-electron chi connectivity index (χ1n) is 7.06.